The van der Waals surface area contributed by atoms with Crippen LogP contribution in [-0.2, 0) is 21.4 Å². The van der Waals surface area contributed by atoms with E-state index >= 15 is 0 Å². The molecule has 182 valence electrons. The molecule has 5 nitrogen and oxygen atoms in total. The van der Waals surface area contributed by atoms with Crippen LogP contribution in [0.2, 0.25) is 0 Å². The first-order chi connectivity index (χ1) is 15.5. The van der Waals surface area contributed by atoms with Crippen LogP contribution in [0.25, 0.3) is 0 Å². The second-order valence-electron chi connectivity index (χ2n) is 10.3. The van der Waals surface area contributed by atoms with Crippen molar-refractivity contribution in [2.75, 3.05) is 6.54 Å². The Hall–Kier alpha value is -2.40. The zero-order valence-electron chi connectivity index (χ0n) is 20.6. The SMILES string of the molecule is CC(C)c1ccc2c(c1)CCC1[C@@](C)(/C=C\CCCN)CCC[C@]21C.O=C(O)/C=C/C(=O)O. The first-order valence-electron chi connectivity index (χ1n) is 12.2. The average molecular weight is 456 g/mol. The van der Waals surface area contributed by atoms with Crippen LogP contribution in [0, 0.1) is 11.3 Å². The Morgan fingerprint density at radius 2 is 1.82 bits per heavy atom. The van der Waals surface area contributed by atoms with Crippen LogP contribution in [0.3, 0.4) is 0 Å². The number of carboxylic acid groups (broad SMARTS) is 2. The fraction of sp³-hybridized carbons (Fsp3) is 0.571. The molecule has 4 N–H and O–H groups in total. The summed E-state index contributed by atoms with van der Waals surface area (Å²) in [6.07, 6.45) is 14.9. The van der Waals surface area contributed by atoms with Gasteiger partial charge in [0.05, 0.1) is 0 Å². The number of unbranched alkanes of at least 4 members (excludes halogenated alkanes) is 1. The number of aliphatic carboxylic acids is 2. The van der Waals surface area contributed by atoms with E-state index < -0.39 is 11.9 Å². The van der Waals surface area contributed by atoms with E-state index in [0.29, 0.717) is 28.9 Å². The number of fused-ring (bicyclic) bond motifs is 3. The normalized spacial score (nSPS) is 26.5. The zero-order valence-corrected chi connectivity index (χ0v) is 20.6. The molecule has 5 heteroatoms. The lowest BCUT2D eigenvalue weighted by Gasteiger charge is -2.54. The van der Waals surface area contributed by atoms with Crippen LogP contribution in [0.5, 0.6) is 0 Å². The topological polar surface area (TPSA) is 101 Å². The molecule has 0 amide bonds. The van der Waals surface area contributed by atoms with Gasteiger partial charge in [0.25, 0.3) is 0 Å². The molecule has 1 aromatic carbocycles. The minimum Gasteiger partial charge on any atom is -0.478 e. The molecular weight excluding hydrogens is 414 g/mol. The smallest absolute Gasteiger partial charge is 0.328 e. The molecule has 1 unspecified atom stereocenters. The highest BCUT2D eigenvalue weighted by atomic mass is 16.4. The van der Waals surface area contributed by atoms with E-state index in [1.54, 1.807) is 11.1 Å². The van der Waals surface area contributed by atoms with Gasteiger partial charge in [-0.15, -0.1) is 0 Å². The monoisotopic (exact) mass is 455 g/mol. The number of rotatable bonds is 7. The summed E-state index contributed by atoms with van der Waals surface area (Å²) in [5.74, 6) is -1.13. The molecule has 0 radical (unpaired) electrons. The van der Waals surface area contributed by atoms with E-state index in [0.717, 1.165) is 25.3 Å². The fourth-order valence-corrected chi connectivity index (χ4v) is 5.85. The summed E-state index contributed by atoms with van der Waals surface area (Å²) in [4.78, 5) is 19.1. The van der Waals surface area contributed by atoms with Gasteiger partial charge in [0.1, 0.15) is 0 Å². The molecule has 1 aromatic rings. The first kappa shape index (κ1) is 26.8. The molecule has 1 saturated carbocycles. The largest absolute Gasteiger partial charge is 0.478 e. The van der Waals surface area contributed by atoms with Gasteiger partial charge >= 0.3 is 11.9 Å². The van der Waals surface area contributed by atoms with E-state index in [9.17, 15) is 9.59 Å². The molecule has 3 rings (SSSR count). The number of benzene rings is 1. The summed E-state index contributed by atoms with van der Waals surface area (Å²) in [6.45, 7) is 10.5. The van der Waals surface area contributed by atoms with Crippen molar-refractivity contribution >= 4 is 11.9 Å². The minimum absolute atomic E-state index is 0.342. The van der Waals surface area contributed by atoms with Crippen molar-refractivity contribution in [3.63, 3.8) is 0 Å². The molecule has 1 fully saturated rings. The highest BCUT2D eigenvalue weighted by molar-refractivity contribution is 5.89. The lowest BCUT2D eigenvalue weighted by molar-refractivity contribution is -0.134. The lowest BCUT2D eigenvalue weighted by Crippen LogP contribution is -2.48. The van der Waals surface area contributed by atoms with Crippen molar-refractivity contribution in [1.82, 2.24) is 0 Å². The van der Waals surface area contributed by atoms with E-state index in [2.05, 4.69) is 58.0 Å². The maximum Gasteiger partial charge on any atom is 0.328 e. The third-order valence-electron chi connectivity index (χ3n) is 7.53. The van der Waals surface area contributed by atoms with Crippen LogP contribution in [0.15, 0.2) is 42.5 Å². The van der Waals surface area contributed by atoms with Crippen LogP contribution in [-0.4, -0.2) is 28.7 Å². The molecule has 0 saturated heterocycles. The maximum absolute atomic E-state index is 9.55. The van der Waals surface area contributed by atoms with E-state index in [-0.39, 0.29) is 0 Å². The summed E-state index contributed by atoms with van der Waals surface area (Å²) in [7, 11) is 0. The maximum atomic E-state index is 9.55. The summed E-state index contributed by atoms with van der Waals surface area (Å²) in [5.41, 5.74) is 11.1. The highest BCUT2D eigenvalue weighted by Crippen LogP contribution is 2.57. The number of hydrogen-bond acceptors (Lipinski definition) is 3. The van der Waals surface area contributed by atoms with E-state index in [1.807, 2.05) is 0 Å². The van der Waals surface area contributed by atoms with E-state index in [4.69, 9.17) is 15.9 Å². The molecule has 2 aliphatic rings. The van der Waals surface area contributed by atoms with Gasteiger partial charge in [0.2, 0.25) is 0 Å². The Kier molecular flexibility index (Phi) is 9.47. The van der Waals surface area contributed by atoms with Gasteiger partial charge in [-0.3, -0.25) is 0 Å². The summed E-state index contributed by atoms with van der Waals surface area (Å²) in [6, 6.07) is 7.37. The van der Waals surface area contributed by atoms with Gasteiger partial charge in [-0.05, 0) is 84.4 Å². The molecule has 0 spiro atoms. The number of aryl methyl sites for hydroxylation is 1. The lowest BCUT2D eigenvalue weighted by atomic mass is 9.49. The molecule has 0 heterocycles. The number of carboxylic acids is 2. The number of allylic oxidation sites excluding steroid dienone is 2. The van der Waals surface area contributed by atoms with Gasteiger partial charge < -0.3 is 15.9 Å². The van der Waals surface area contributed by atoms with E-state index in [1.165, 1.54) is 37.7 Å². The van der Waals surface area contributed by atoms with Crippen LogP contribution >= 0.6 is 0 Å². The predicted octanol–water partition coefficient (Wildman–Crippen LogP) is 5.83. The molecule has 0 aliphatic heterocycles. The van der Waals surface area contributed by atoms with Crippen molar-refractivity contribution in [2.45, 2.75) is 84.0 Å². The van der Waals surface area contributed by atoms with Gasteiger partial charge in [-0.1, -0.05) is 64.5 Å². The second-order valence-corrected chi connectivity index (χ2v) is 10.3. The van der Waals surface area contributed by atoms with Crippen molar-refractivity contribution in [3.8, 4) is 0 Å². The molecule has 33 heavy (non-hydrogen) atoms. The van der Waals surface area contributed by atoms with Gasteiger partial charge in [0, 0.05) is 12.2 Å². The fourth-order valence-electron chi connectivity index (χ4n) is 5.85. The third-order valence-corrected chi connectivity index (χ3v) is 7.53. The van der Waals surface area contributed by atoms with Gasteiger partial charge in [-0.2, -0.15) is 0 Å². The van der Waals surface area contributed by atoms with Crippen LogP contribution in [0.1, 0.15) is 88.8 Å². The first-order valence-corrected chi connectivity index (χ1v) is 12.2. The Morgan fingerprint density at radius 3 is 2.39 bits per heavy atom. The van der Waals surface area contributed by atoms with Crippen molar-refractivity contribution in [3.05, 3.63) is 59.2 Å². The Morgan fingerprint density at radius 1 is 1.15 bits per heavy atom. The highest BCUT2D eigenvalue weighted by Gasteiger charge is 2.50. The predicted molar refractivity (Wildman–Crippen MR) is 133 cm³/mol. The Bertz CT molecular complexity index is 872. The standard InChI is InChI=1S/C24H37N.C4H4O4/c1-18(2)19-9-11-21-20(17-19)10-12-22-23(3,13-6-5-7-16-25)14-8-15-24(21,22)4;5-3(6)1-2-4(7)8/h6,9,11,13,17-18,22H,5,7-8,10,12,14-16,25H2,1-4H3;1-2H,(H,5,6)(H,7,8)/b13-6-;2-1+/t22?,23-,24+;/m0./s1. The summed E-state index contributed by atoms with van der Waals surface area (Å²) < 4.78 is 0. The van der Waals surface area contributed by atoms with Gasteiger partial charge in [0.15, 0.2) is 0 Å². The second kappa shape index (κ2) is 11.6. The number of carbonyl (C=O) groups is 2. The molecule has 2 aliphatic carbocycles. The Labute approximate surface area is 198 Å². The molecular formula is C28H41NO4. The van der Waals surface area contributed by atoms with Crippen molar-refractivity contribution < 1.29 is 19.8 Å². The van der Waals surface area contributed by atoms with Crippen molar-refractivity contribution in [2.24, 2.45) is 17.1 Å². The van der Waals surface area contributed by atoms with Gasteiger partial charge in [-0.25, -0.2) is 9.59 Å². The summed E-state index contributed by atoms with van der Waals surface area (Å²) in [5, 5.41) is 15.6. The average Bonchev–Trinajstić information content (AvgIpc) is 2.75. The van der Waals surface area contributed by atoms with Crippen LogP contribution < -0.4 is 5.73 Å². The minimum atomic E-state index is -1.26. The quantitative estimate of drug-likeness (QED) is 0.273. The zero-order chi connectivity index (χ0) is 24.6. The summed E-state index contributed by atoms with van der Waals surface area (Å²) >= 11 is 0. The molecule has 3 atom stereocenters. The Balaban J connectivity index is 0.000000414. The number of nitrogens with two attached hydrogens (primary N) is 1. The van der Waals surface area contributed by atoms with Crippen molar-refractivity contribution in [1.29, 1.82) is 0 Å². The molecule has 0 aromatic heterocycles. The van der Waals surface area contributed by atoms with Crippen LogP contribution in [0.4, 0.5) is 0 Å². The third kappa shape index (κ3) is 6.80. The molecule has 0 bridgehead atoms. The number of hydrogen-bond donors (Lipinski definition) is 3.